The van der Waals surface area contributed by atoms with Crippen molar-refractivity contribution in [2.45, 2.75) is 44.6 Å². The molecule has 1 N–H and O–H groups in total. The number of amides is 1. The van der Waals surface area contributed by atoms with Gasteiger partial charge in [0, 0.05) is 19.6 Å². The SMILES string of the molecule is C/C=C(\OC(=O)N(C)CCCCNC)C(CC(C)N(C)C)(c1ccccc1)c1ccccc1. The van der Waals surface area contributed by atoms with E-state index in [2.05, 4.69) is 79.8 Å². The van der Waals surface area contributed by atoms with E-state index >= 15 is 0 Å². The molecule has 5 nitrogen and oxygen atoms in total. The Morgan fingerprint density at radius 2 is 1.55 bits per heavy atom. The first kappa shape index (κ1) is 26.6. The topological polar surface area (TPSA) is 44.8 Å². The summed E-state index contributed by atoms with van der Waals surface area (Å²) >= 11 is 0. The average molecular weight is 452 g/mol. The predicted octanol–water partition coefficient (Wildman–Crippen LogP) is 5.28. The number of hydrogen-bond acceptors (Lipinski definition) is 4. The van der Waals surface area contributed by atoms with Gasteiger partial charge in [-0.15, -0.1) is 0 Å². The van der Waals surface area contributed by atoms with Crippen LogP contribution in [0.1, 0.15) is 44.2 Å². The first-order valence-corrected chi connectivity index (χ1v) is 11.9. The summed E-state index contributed by atoms with van der Waals surface area (Å²) in [6.45, 7) is 5.77. The van der Waals surface area contributed by atoms with E-state index in [1.54, 1.807) is 4.90 Å². The lowest BCUT2D eigenvalue weighted by Gasteiger charge is -2.40. The van der Waals surface area contributed by atoms with Crippen molar-refractivity contribution in [3.8, 4) is 0 Å². The molecule has 1 unspecified atom stereocenters. The van der Waals surface area contributed by atoms with Gasteiger partial charge in [-0.25, -0.2) is 4.79 Å². The van der Waals surface area contributed by atoms with E-state index in [1.165, 1.54) is 0 Å². The average Bonchev–Trinajstić information content (AvgIpc) is 2.84. The molecule has 2 aromatic carbocycles. The van der Waals surface area contributed by atoms with Gasteiger partial charge in [0.05, 0.1) is 5.41 Å². The van der Waals surface area contributed by atoms with E-state index in [1.807, 2.05) is 39.2 Å². The maximum absolute atomic E-state index is 13.1. The van der Waals surface area contributed by atoms with Crippen LogP contribution in [-0.2, 0) is 10.2 Å². The zero-order valence-corrected chi connectivity index (χ0v) is 21.2. The number of ether oxygens (including phenoxy) is 1. The number of benzene rings is 2. The molecule has 0 aliphatic rings. The van der Waals surface area contributed by atoms with Crippen LogP contribution in [-0.4, -0.2) is 63.2 Å². The Bertz CT molecular complexity index is 826. The Morgan fingerprint density at radius 3 is 2.00 bits per heavy atom. The van der Waals surface area contributed by atoms with E-state index in [-0.39, 0.29) is 12.1 Å². The fraction of sp³-hybridized carbons (Fsp3) is 0.464. The highest BCUT2D eigenvalue weighted by atomic mass is 16.6. The van der Waals surface area contributed by atoms with Crippen LogP contribution in [0.25, 0.3) is 0 Å². The van der Waals surface area contributed by atoms with Crippen molar-refractivity contribution in [1.29, 1.82) is 0 Å². The van der Waals surface area contributed by atoms with Gasteiger partial charge < -0.3 is 19.9 Å². The number of hydrogen-bond donors (Lipinski definition) is 1. The Hall–Kier alpha value is -2.63. The lowest BCUT2D eigenvalue weighted by molar-refractivity contribution is 0.121. The second kappa shape index (κ2) is 13.2. The minimum absolute atomic E-state index is 0.248. The Kier molecular flexibility index (Phi) is 10.6. The fourth-order valence-corrected chi connectivity index (χ4v) is 4.16. The number of nitrogens with one attached hydrogen (secondary N) is 1. The molecule has 0 radical (unpaired) electrons. The molecule has 1 amide bonds. The normalized spacial score (nSPS) is 13.1. The molecule has 0 aliphatic carbocycles. The standard InChI is InChI=1S/C28H41N3O2/c1-7-26(33-27(32)31(6)21-15-14-20-29-3)28(22-23(2)30(4)5,24-16-10-8-11-17-24)25-18-12-9-13-19-25/h7-13,16-19,23,29H,14-15,20-22H2,1-6H3/b26-7-. The summed E-state index contributed by atoms with van der Waals surface area (Å²) < 4.78 is 6.19. The molecule has 0 heterocycles. The molecular formula is C28H41N3O2. The molecule has 0 aromatic heterocycles. The fourth-order valence-electron chi connectivity index (χ4n) is 4.16. The van der Waals surface area contributed by atoms with Gasteiger partial charge in [0.2, 0.25) is 0 Å². The van der Waals surface area contributed by atoms with E-state index in [0.29, 0.717) is 12.3 Å². The highest BCUT2D eigenvalue weighted by Gasteiger charge is 2.42. The number of allylic oxidation sites excluding steroid dienone is 2. The van der Waals surface area contributed by atoms with Crippen molar-refractivity contribution in [3.63, 3.8) is 0 Å². The maximum atomic E-state index is 13.1. The quantitative estimate of drug-likeness (QED) is 0.352. The van der Waals surface area contributed by atoms with Crippen molar-refractivity contribution < 1.29 is 9.53 Å². The van der Waals surface area contributed by atoms with Gasteiger partial charge >= 0.3 is 6.09 Å². The van der Waals surface area contributed by atoms with Gasteiger partial charge in [-0.1, -0.05) is 60.7 Å². The van der Waals surface area contributed by atoms with Gasteiger partial charge in [-0.05, 0) is 78.0 Å². The van der Waals surface area contributed by atoms with E-state index in [4.69, 9.17) is 4.74 Å². The molecule has 0 aliphatic heterocycles. The first-order chi connectivity index (χ1) is 15.9. The number of rotatable bonds is 12. The molecule has 0 bridgehead atoms. The monoisotopic (exact) mass is 451 g/mol. The van der Waals surface area contributed by atoms with Crippen LogP contribution in [0, 0.1) is 0 Å². The van der Waals surface area contributed by atoms with Crippen LogP contribution in [0.2, 0.25) is 0 Å². The van der Waals surface area contributed by atoms with E-state index < -0.39 is 5.41 Å². The molecule has 0 saturated heterocycles. The van der Waals surface area contributed by atoms with Gasteiger partial charge in [-0.2, -0.15) is 0 Å². The molecule has 0 saturated carbocycles. The third kappa shape index (κ3) is 6.92. The summed E-state index contributed by atoms with van der Waals surface area (Å²) in [5, 5.41) is 3.15. The molecule has 0 fully saturated rings. The minimum Gasteiger partial charge on any atom is -0.414 e. The van der Waals surface area contributed by atoms with Crippen LogP contribution in [0.15, 0.2) is 72.5 Å². The smallest absolute Gasteiger partial charge is 0.414 e. The van der Waals surface area contributed by atoms with Gasteiger partial charge in [-0.3, -0.25) is 0 Å². The summed E-state index contributed by atoms with van der Waals surface area (Å²) in [5.74, 6) is 0.667. The highest BCUT2D eigenvalue weighted by Crippen LogP contribution is 2.44. The van der Waals surface area contributed by atoms with E-state index in [9.17, 15) is 4.79 Å². The lowest BCUT2D eigenvalue weighted by Crippen LogP contribution is -2.41. The van der Waals surface area contributed by atoms with Crippen LogP contribution in [0.4, 0.5) is 4.79 Å². The molecule has 2 aromatic rings. The van der Waals surface area contributed by atoms with Crippen molar-refractivity contribution in [2.75, 3.05) is 41.3 Å². The van der Waals surface area contributed by atoms with Crippen LogP contribution in [0.3, 0.4) is 0 Å². The largest absolute Gasteiger partial charge is 0.414 e. The first-order valence-electron chi connectivity index (χ1n) is 11.9. The Balaban J connectivity index is 2.49. The summed E-state index contributed by atoms with van der Waals surface area (Å²) in [4.78, 5) is 17.0. The van der Waals surface area contributed by atoms with E-state index in [0.717, 1.165) is 36.9 Å². The highest BCUT2D eigenvalue weighted by molar-refractivity contribution is 5.69. The molecule has 2 rings (SSSR count). The molecule has 1 atom stereocenters. The van der Waals surface area contributed by atoms with Gasteiger partial charge in [0.25, 0.3) is 0 Å². The summed E-state index contributed by atoms with van der Waals surface area (Å²) in [5.41, 5.74) is 1.63. The van der Waals surface area contributed by atoms with Crippen LogP contribution in [0.5, 0.6) is 0 Å². The number of carbonyl (C=O) groups excluding carboxylic acids is 1. The van der Waals surface area contributed by atoms with Crippen molar-refractivity contribution in [2.24, 2.45) is 0 Å². The summed E-state index contributed by atoms with van der Waals surface area (Å²) in [6, 6.07) is 21.0. The van der Waals surface area contributed by atoms with Crippen molar-refractivity contribution in [3.05, 3.63) is 83.6 Å². The zero-order valence-electron chi connectivity index (χ0n) is 21.2. The molecular weight excluding hydrogens is 410 g/mol. The lowest BCUT2D eigenvalue weighted by atomic mass is 9.68. The number of unbranched alkanes of at least 4 members (excludes halogenated alkanes) is 1. The van der Waals surface area contributed by atoms with Crippen molar-refractivity contribution >= 4 is 6.09 Å². The molecule has 5 heteroatoms. The second-order valence-corrected chi connectivity index (χ2v) is 8.91. The molecule has 0 spiro atoms. The van der Waals surface area contributed by atoms with Crippen LogP contribution < -0.4 is 5.32 Å². The Morgan fingerprint density at radius 1 is 1.00 bits per heavy atom. The van der Waals surface area contributed by atoms with Gasteiger partial charge in [0.15, 0.2) is 0 Å². The number of nitrogens with zero attached hydrogens (tertiary/aromatic N) is 2. The minimum atomic E-state index is -0.594. The third-order valence-corrected chi connectivity index (χ3v) is 6.38. The van der Waals surface area contributed by atoms with Crippen molar-refractivity contribution in [1.82, 2.24) is 15.1 Å². The maximum Gasteiger partial charge on any atom is 0.414 e. The molecule has 33 heavy (non-hydrogen) atoms. The summed E-state index contributed by atoms with van der Waals surface area (Å²) in [6.07, 6.45) is 4.35. The zero-order chi connectivity index (χ0) is 24.3. The molecule has 180 valence electrons. The second-order valence-electron chi connectivity index (χ2n) is 8.91. The predicted molar refractivity (Wildman–Crippen MR) is 137 cm³/mol. The summed E-state index contributed by atoms with van der Waals surface area (Å²) in [7, 11) is 7.93. The third-order valence-electron chi connectivity index (χ3n) is 6.38. The Labute approximate surface area is 200 Å². The number of carbonyl (C=O) groups is 1. The van der Waals surface area contributed by atoms with Gasteiger partial charge in [0.1, 0.15) is 5.76 Å². The van der Waals surface area contributed by atoms with Crippen LogP contribution >= 0.6 is 0 Å².